The van der Waals surface area contributed by atoms with E-state index >= 15 is 0 Å². The van der Waals surface area contributed by atoms with Crippen LogP contribution >= 0.6 is 23.8 Å². The highest BCUT2D eigenvalue weighted by Gasteiger charge is 2.06. The van der Waals surface area contributed by atoms with Crippen molar-refractivity contribution in [1.29, 1.82) is 0 Å². The second-order valence-corrected chi connectivity index (χ2v) is 5.92. The Morgan fingerprint density at radius 3 is 2.60 bits per heavy atom. The predicted octanol–water partition coefficient (Wildman–Crippen LogP) is 4.07. The molecule has 0 aliphatic rings. The molecule has 0 saturated carbocycles. The van der Waals surface area contributed by atoms with E-state index in [0.717, 1.165) is 5.56 Å². The van der Waals surface area contributed by atoms with Crippen LogP contribution in [0, 0.1) is 11.6 Å². The van der Waals surface area contributed by atoms with Crippen LogP contribution in [0.25, 0.3) is 0 Å². The van der Waals surface area contributed by atoms with Gasteiger partial charge in [0.05, 0.1) is 11.6 Å². The molecule has 0 amide bonds. The quantitative estimate of drug-likeness (QED) is 0.669. The van der Waals surface area contributed by atoms with Gasteiger partial charge in [-0.15, -0.1) is 5.10 Å². The summed E-state index contributed by atoms with van der Waals surface area (Å²) in [6, 6.07) is 10.3. The van der Waals surface area contributed by atoms with Crippen molar-refractivity contribution in [2.45, 2.75) is 6.54 Å². The van der Waals surface area contributed by atoms with Crippen LogP contribution in [0.3, 0.4) is 0 Å². The first-order chi connectivity index (χ1) is 12.0. The Kier molecular flexibility index (Phi) is 5.20. The lowest BCUT2D eigenvalue weighted by Crippen LogP contribution is -2.20. The van der Waals surface area contributed by atoms with Gasteiger partial charge in [0.25, 0.3) is 0 Å². The summed E-state index contributed by atoms with van der Waals surface area (Å²) in [7, 11) is 0. The topological polar surface area (TPSA) is 54.8 Å². The highest BCUT2D eigenvalue weighted by atomic mass is 35.5. The number of rotatable bonds is 4. The molecule has 1 heterocycles. The van der Waals surface area contributed by atoms with Crippen LogP contribution in [-0.2, 0) is 6.54 Å². The van der Waals surface area contributed by atoms with E-state index in [9.17, 15) is 8.78 Å². The van der Waals surface area contributed by atoms with Gasteiger partial charge in [-0.3, -0.25) is 5.32 Å². The van der Waals surface area contributed by atoms with Gasteiger partial charge in [0.1, 0.15) is 18.0 Å². The Morgan fingerprint density at radius 1 is 1.12 bits per heavy atom. The van der Waals surface area contributed by atoms with Crippen LogP contribution in [0.5, 0.6) is 0 Å². The molecule has 0 fully saturated rings. The van der Waals surface area contributed by atoms with Crippen molar-refractivity contribution in [3.63, 3.8) is 0 Å². The molecule has 2 N–H and O–H groups in total. The summed E-state index contributed by atoms with van der Waals surface area (Å²) in [6.45, 7) is 0.447. The van der Waals surface area contributed by atoms with Crippen molar-refractivity contribution >= 4 is 40.6 Å². The van der Waals surface area contributed by atoms with Crippen LogP contribution in [0.2, 0.25) is 5.02 Å². The Balaban J connectivity index is 1.59. The van der Waals surface area contributed by atoms with Crippen molar-refractivity contribution in [3.8, 4) is 0 Å². The number of anilines is 2. The average Bonchev–Trinajstić information content (AvgIpc) is 3.00. The Morgan fingerprint density at radius 2 is 1.88 bits per heavy atom. The number of hydrogen-bond acceptors (Lipinski definition) is 3. The zero-order chi connectivity index (χ0) is 17.8. The summed E-state index contributed by atoms with van der Waals surface area (Å²) in [5, 5.41) is 10.1. The average molecular weight is 380 g/mol. The van der Waals surface area contributed by atoms with Crippen molar-refractivity contribution in [2.75, 3.05) is 10.6 Å². The van der Waals surface area contributed by atoms with E-state index in [1.165, 1.54) is 36.7 Å². The maximum Gasteiger partial charge on any atom is 0.248 e. The molecular weight excluding hydrogens is 368 g/mol. The molecule has 3 aromatic rings. The van der Waals surface area contributed by atoms with Crippen LogP contribution in [-0.4, -0.2) is 19.9 Å². The van der Waals surface area contributed by atoms with Gasteiger partial charge < -0.3 is 5.32 Å². The number of nitrogens with zero attached hydrogens (tertiary/aromatic N) is 3. The molecule has 0 bridgehead atoms. The molecule has 25 heavy (non-hydrogen) atoms. The fourth-order valence-electron chi connectivity index (χ4n) is 2.04. The van der Waals surface area contributed by atoms with E-state index < -0.39 is 5.82 Å². The van der Waals surface area contributed by atoms with Gasteiger partial charge in [0.2, 0.25) is 5.95 Å². The van der Waals surface area contributed by atoms with Crippen LogP contribution in [0.15, 0.2) is 48.8 Å². The van der Waals surface area contributed by atoms with Gasteiger partial charge in [0, 0.05) is 5.69 Å². The molecule has 9 heteroatoms. The number of aromatic nitrogens is 3. The zero-order valence-corrected chi connectivity index (χ0v) is 14.3. The molecule has 3 rings (SSSR count). The monoisotopic (exact) mass is 379 g/mol. The normalized spacial score (nSPS) is 10.5. The molecule has 0 spiro atoms. The molecular formula is C16H12ClF2N5S. The second-order valence-electron chi connectivity index (χ2n) is 5.10. The number of halogens is 3. The fraction of sp³-hybridized carbons (Fsp3) is 0.0625. The van der Waals surface area contributed by atoms with Gasteiger partial charge in [-0.2, -0.15) is 0 Å². The summed E-state index contributed by atoms with van der Waals surface area (Å²) in [6.07, 6.45) is 1.53. The van der Waals surface area contributed by atoms with Gasteiger partial charge in [0.15, 0.2) is 5.11 Å². The highest BCUT2D eigenvalue weighted by Crippen LogP contribution is 2.19. The molecule has 0 aliphatic carbocycles. The third-order valence-electron chi connectivity index (χ3n) is 3.20. The van der Waals surface area contributed by atoms with E-state index in [0.29, 0.717) is 18.2 Å². The van der Waals surface area contributed by atoms with Crippen molar-refractivity contribution in [1.82, 2.24) is 14.8 Å². The molecule has 0 saturated heterocycles. The number of benzene rings is 2. The maximum absolute atomic E-state index is 13.1. The third-order valence-corrected chi connectivity index (χ3v) is 3.69. The largest absolute Gasteiger partial charge is 0.332 e. The summed E-state index contributed by atoms with van der Waals surface area (Å²) in [5.41, 5.74) is 1.43. The molecule has 0 radical (unpaired) electrons. The SMILES string of the molecule is Fc1ccc(Cn2cnc(NC(=S)Nc3ccc(F)c(Cl)c3)n2)cc1. The summed E-state index contributed by atoms with van der Waals surface area (Å²) >= 11 is 10.9. The van der Waals surface area contributed by atoms with Crippen LogP contribution in [0.1, 0.15) is 5.56 Å². The second kappa shape index (κ2) is 7.54. The Hall–Kier alpha value is -2.58. The van der Waals surface area contributed by atoms with Crippen molar-refractivity contribution in [2.24, 2.45) is 0 Å². The lowest BCUT2D eigenvalue weighted by Gasteiger charge is -2.08. The first kappa shape index (κ1) is 17.2. The summed E-state index contributed by atoms with van der Waals surface area (Å²) < 4.78 is 27.6. The molecule has 0 aliphatic heterocycles. The minimum atomic E-state index is -0.507. The maximum atomic E-state index is 13.1. The Labute approximate surface area is 152 Å². The van der Waals surface area contributed by atoms with Gasteiger partial charge in [-0.1, -0.05) is 23.7 Å². The summed E-state index contributed by atoms with van der Waals surface area (Å²) in [4.78, 5) is 4.10. The molecule has 5 nitrogen and oxygen atoms in total. The van der Waals surface area contributed by atoms with Crippen LogP contribution < -0.4 is 10.6 Å². The van der Waals surface area contributed by atoms with Gasteiger partial charge in [-0.05, 0) is 48.1 Å². The first-order valence-electron chi connectivity index (χ1n) is 7.16. The van der Waals surface area contributed by atoms with E-state index in [-0.39, 0.29) is 16.0 Å². The zero-order valence-electron chi connectivity index (χ0n) is 12.7. The molecule has 0 unspecified atom stereocenters. The lowest BCUT2D eigenvalue weighted by molar-refractivity contribution is 0.624. The molecule has 1 aromatic heterocycles. The van der Waals surface area contributed by atoms with Gasteiger partial charge in [-0.25, -0.2) is 18.4 Å². The molecule has 0 atom stereocenters. The number of hydrogen-bond donors (Lipinski definition) is 2. The smallest absolute Gasteiger partial charge is 0.248 e. The van der Waals surface area contributed by atoms with E-state index in [1.54, 1.807) is 16.8 Å². The van der Waals surface area contributed by atoms with E-state index in [1.807, 2.05) is 0 Å². The van der Waals surface area contributed by atoms with Crippen molar-refractivity contribution in [3.05, 3.63) is 71.0 Å². The minimum absolute atomic E-state index is 0.00509. The standard InChI is InChI=1S/C16H12ClF2N5S/c17-13-7-12(5-6-14(13)19)21-16(25)22-15-20-9-24(23-15)8-10-1-3-11(18)4-2-10/h1-7,9H,8H2,(H2,21,22,23,25). The summed E-state index contributed by atoms with van der Waals surface area (Å²) in [5.74, 6) is -0.498. The fourth-order valence-corrected chi connectivity index (χ4v) is 2.43. The minimum Gasteiger partial charge on any atom is -0.332 e. The number of thiocarbonyl (C=S) groups is 1. The third kappa shape index (κ3) is 4.71. The lowest BCUT2D eigenvalue weighted by atomic mass is 10.2. The van der Waals surface area contributed by atoms with E-state index in [2.05, 4.69) is 20.7 Å². The Bertz CT molecular complexity index is 898. The highest BCUT2D eigenvalue weighted by molar-refractivity contribution is 7.80. The molecule has 2 aromatic carbocycles. The number of nitrogens with one attached hydrogen (secondary N) is 2. The predicted molar refractivity (Wildman–Crippen MR) is 96.8 cm³/mol. The van der Waals surface area contributed by atoms with Crippen LogP contribution in [0.4, 0.5) is 20.4 Å². The van der Waals surface area contributed by atoms with Crippen molar-refractivity contribution < 1.29 is 8.78 Å². The van der Waals surface area contributed by atoms with Gasteiger partial charge >= 0.3 is 0 Å². The first-order valence-corrected chi connectivity index (χ1v) is 7.95. The van der Waals surface area contributed by atoms with E-state index in [4.69, 9.17) is 23.8 Å². The molecule has 128 valence electrons.